The second kappa shape index (κ2) is 13.7. The van der Waals surface area contributed by atoms with Gasteiger partial charge in [0.1, 0.15) is 0 Å². The Labute approximate surface area is 147 Å². The summed E-state index contributed by atoms with van der Waals surface area (Å²) in [7, 11) is 0. The normalized spacial score (nSPS) is 14.5. The number of allylic oxidation sites excluding steroid dienone is 3. The lowest BCUT2D eigenvalue weighted by molar-refractivity contribution is 0.349. The minimum atomic E-state index is 0.648. The molecule has 0 saturated heterocycles. The molecule has 134 valence electrons. The fourth-order valence-corrected chi connectivity index (χ4v) is 3.06. The van der Waals surface area contributed by atoms with Gasteiger partial charge in [0.05, 0.1) is 0 Å². The molecule has 0 saturated carbocycles. The van der Waals surface area contributed by atoms with Crippen LogP contribution in [0.25, 0.3) is 0 Å². The van der Waals surface area contributed by atoms with Gasteiger partial charge in [-0.15, -0.1) is 5.73 Å². The smallest absolute Gasteiger partial charge is 0.0201 e. The van der Waals surface area contributed by atoms with E-state index >= 15 is 0 Å². The van der Waals surface area contributed by atoms with Crippen molar-refractivity contribution in [2.45, 2.75) is 99.8 Å². The summed E-state index contributed by atoms with van der Waals surface area (Å²) in [6.07, 6.45) is 15.0. The minimum absolute atomic E-state index is 0.648. The van der Waals surface area contributed by atoms with Gasteiger partial charge >= 0.3 is 0 Å². The number of rotatable bonds is 12. The van der Waals surface area contributed by atoms with Gasteiger partial charge in [-0.05, 0) is 49.2 Å². The summed E-state index contributed by atoms with van der Waals surface area (Å²) in [5, 5.41) is 0. The summed E-state index contributed by atoms with van der Waals surface area (Å²) in [5.74, 6) is 2.24. The molecule has 0 aliphatic rings. The quantitative estimate of drug-likeness (QED) is 0.194. The van der Waals surface area contributed by atoms with Crippen molar-refractivity contribution in [2.75, 3.05) is 0 Å². The Bertz CT molecular complexity index is 377. The fourth-order valence-electron chi connectivity index (χ4n) is 3.06. The van der Waals surface area contributed by atoms with Crippen LogP contribution in [-0.4, -0.2) is 0 Å². The number of hydrogen-bond donors (Lipinski definition) is 0. The third kappa shape index (κ3) is 11.4. The molecule has 0 nitrogen and oxygen atoms in total. The lowest BCUT2D eigenvalue weighted by Crippen LogP contribution is -2.08. The zero-order valence-electron chi connectivity index (χ0n) is 17.0. The molecular formula is C23H42. The van der Waals surface area contributed by atoms with Crippen LogP contribution in [0.5, 0.6) is 0 Å². The molecule has 0 aliphatic heterocycles. The zero-order chi connectivity index (χ0) is 17.7. The van der Waals surface area contributed by atoms with E-state index in [1.807, 2.05) is 0 Å². The predicted octanol–water partition coefficient (Wildman–Crippen LogP) is 8.10. The highest BCUT2D eigenvalue weighted by atomic mass is 14.2. The largest absolute Gasteiger partial charge is 0.122 e. The van der Waals surface area contributed by atoms with E-state index in [1.54, 1.807) is 5.57 Å². The summed E-state index contributed by atoms with van der Waals surface area (Å²) in [4.78, 5) is 0. The van der Waals surface area contributed by atoms with Gasteiger partial charge in [0.25, 0.3) is 0 Å². The highest BCUT2D eigenvalue weighted by Crippen LogP contribution is 2.24. The first-order chi connectivity index (χ1) is 10.9. The molecule has 0 amide bonds. The van der Waals surface area contributed by atoms with Gasteiger partial charge in [-0.1, -0.05) is 91.7 Å². The van der Waals surface area contributed by atoms with Crippen LogP contribution in [0.3, 0.4) is 0 Å². The Hall–Kier alpha value is -0.740. The van der Waals surface area contributed by atoms with Crippen LogP contribution in [0.2, 0.25) is 0 Å². The van der Waals surface area contributed by atoms with Crippen LogP contribution in [0.4, 0.5) is 0 Å². The van der Waals surface area contributed by atoms with Crippen LogP contribution in [0, 0.1) is 17.8 Å². The molecule has 0 rings (SSSR count). The van der Waals surface area contributed by atoms with Gasteiger partial charge in [0, 0.05) is 0 Å². The molecule has 0 aliphatic carbocycles. The third-order valence-electron chi connectivity index (χ3n) is 5.02. The van der Waals surface area contributed by atoms with Gasteiger partial charge in [-0.25, -0.2) is 0 Å². The molecule has 23 heavy (non-hydrogen) atoms. The Morgan fingerprint density at radius 3 is 2.17 bits per heavy atom. The average molecular weight is 319 g/mol. The summed E-state index contributed by atoms with van der Waals surface area (Å²) >= 11 is 0. The molecule has 0 bridgehead atoms. The predicted molar refractivity (Wildman–Crippen MR) is 107 cm³/mol. The molecule has 2 unspecified atom stereocenters. The Balaban J connectivity index is 4.45. The average Bonchev–Trinajstić information content (AvgIpc) is 2.50. The van der Waals surface area contributed by atoms with E-state index in [0.717, 1.165) is 11.8 Å². The van der Waals surface area contributed by atoms with Crippen LogP contribution in [0.15, 0.2) is 29.0 Å². The van der Waals surface area contributed by atoms with Gasteiger partial charge in [-0.3, -0.25) is 0 Å². The third-order valence-corrected chi connectivity index (χ3v) is 5.02. The van der Waals surface area contributed by atoms with Crippen molar-refractivity contribution in [1.82, 2.24) is 0 Å². The van der Waals surface area contributed by atoms with E-state index in [9.17, 15) is 0 Å². The van der Waals surface area contributed by atoms with Gasteiger partial charge < -0.3 is 0 Å². The van der Waals surface area contributed by atoms with Crippen molar-refractivity contribution in [1.29, 1.82) is 0 Å². The number of unbranched alkanes of at least 4 members (excludes halogenated alkanes) is 3. The maximum absolute atomic E-state index is 3.50. The first-order valence-electron chi connectivity index (χ1n) is 10.0. The van der Waals surface area contributed by atoms with Crippen LogP contribution < -0.4 is 0 Å². The Morgan fingerprint density at radius 2 is 1.61 bits per heavy atom. The monoisotopic (exact) mass is 318 g/mol. The molecule has 0 heteroatoms. The maximum Gasteiger partial charge on any atom is -0.0201 e. The summed E-state index contributed by atoms with van der Waals surface area (Å²) < 4.78 is 0. The maximum atomic E-state index is 3.50. The number of hydrogen-bond acceptors (Lipinski definition) is 0. The molecule has 2 atom stereocenters. The lowest BCUT2D eigenvalue weighted by atomic mass is 9.86. The van der Waals surface area contributed by atoms with Crippen LogP contribution in [0.1, 0.15) is 99.8 Å². The second-order valence-corrected chi connectivity index (χ2v) is 7.75. The highest BCUT2D eigenvalue weighted by Gasteiger charge is 2.12. The van der Waals surface area contributed by atoms with Gasteiger partial charge in [-0.2, -0.15) is 0 Å². The first kappa shape index (κ1) is 22.3. The molecule has 0 heterocycles. The standard InChI is InChI=1S/C23H42/c1-8-10-11-12-16-21(6)22(7)18-20(5)15-13-17-23(14-9-2)19(3)4/h13,17,19,21-22H,8-12,14,16,18H2,1-7H3. The minimum Gasteiger partial charge on any atom is -0.122 e. The van der Waals surface area contributed by atoms with E-state index in [4.69, 9.17) is 0 Å². The highest BCUT2D eigenvalue weighted by molar-refractivity contribution is 5.15. The van der Waals surface area contributed by atoms with E-state index in [1.165, 1.54) is 56.9 Å². The van der Waals surface area contributed by atoms with Gasteiger partial charge in [0.2, 0.25) is 0 Å². The summed E-state index contributed by atoms with van der Waals surface area (Å²) in [6, 6.07) is 0. The molecule has 0 N–H and O–H groups in total. The molecular weight excluding hydrogens is 276 g/mol. The van der Waals surface area contributed by atoms with E-state index < -0.39 is 0 Å². The van der Waals surface area contributed by atoms with Crippen molar-refractivity contribution in [3.05, 3.63) is 29.0 Å². The molecule has 0 radical (unpaired) electrons. The molecule has 0 aromatic heterocycles. The fraction of sp³-hybridized carbons (Fsp3) is 0.783. The van der Waals surface area contributed by atoms with Crippen molar-refractivity contribution in [3.63, 3.8) is 0 Å². The van der Waals surface area contributed by atoms with Crippen molar-refractivity contribution < 1.29 is 0 Å². The first-order valence-corrected chi connectivity index (χ1v) is 10.0. The Morgan fingerprint density at radius 1 is 0.913 bits per heavy atom. The van der Waals surface area contributed by atoms with E-state index in [-0.39, 0.29) is 0 Å². The second-order valence-electron chi connectivity index (χ2n) is 7.75. The summed E-state index contributed by atoms with van der Waals surface area (Å²) in [5.41, 5.74) is 6.45. The summed E-state index contributed by atoms with van der Waals surface area (Å²) in [6.45, 7) is 16.2. The SMILES string of the molecule is CCCCCCC(C)C(C)CC(C)=C=CC=C(CCC)C(C)C. The zero-order valence-corrected chi connectivity index (χ0v) is 17.0. The van der Waals surface area contributed by atoms with E-state index in [0.29, 0.717) is 5.92 Å². The molecule has 0 spiro atoms. The molecule has 0 aromatic rings. The van der Waals surface area contributed by atoms with Crippen LogP contribution >= 0.6 is 0 Å². The van der Waals surface area contributed by atoms with Crippen molar-refractivity contribution in [2.24, 2.45) is 17.8 Å². The van der Waals surface area contributed by atoms with Crippen LogP contribution in [-0.2, 0) is 0 Å². The van der Waals surface area contributed by atoms with E-state index in [2.05, 4.69) is 66.3 Å². The van der Waals surface area contributed by atoms with Gasteiger partial charge in [0.15, 0.2) is 0 Å². The molecule has 0 fully saturated rings. The van der Waals surface area contributed by atoms with Crippen molar-refractivity contribution >= 4 is 0 Å². The topological polar surface area (TPSA) is 0 Å². The molecule has 0 aromatic carbocycles. The van der Waals surface area contributed by atoms with Crippen molar-refractivity contribution in [3.8, 4) is 0 Å². The Kier molecular flexibility index (Phi) is 13.2. The lowest BCUT2D eigenvalue weighted by Gasteiger charge is -2.19.